The van der Waals surface area contributed by atoms with E-state index in [0.29, 0.717) is 22.1 Å². The average Bonchev–Trinajstić information content (AvgIpc) is 3.72. The smallest absolute Gasteiger partial charge is 0.386 e. The Morgan fingerprint density at radius 1 is 0.714 bits per heavy atom. The fourth-order valence-electron chi connectivity index (χ4n) is 5.47. The molecule has 2 bridgehead atoms. The van der Waals surface area contributed by atoms with E-state index in [1.165, 1.54) is 12.7 Å². The van der Waals surface area contributed by atoms with Gasteiger partial charge in [0, 0.05) is 0 Å². The molecule has 2 aromatic heterocycles. The molecule has 10 unspecified atom stereocenters. The maximum Gasteiger partial charge on any atom is 0.386 e. The predicted octanol–water partition coefficient (Wildman–Crippen LogP) is 3.50. The summed E-state index contributed by atoms with van der Waals surface area (Å²) < 4.78 is 64.8. The maximum atomic E-state index is 13.5. The minimum absolute atomic E-state index is 0.438. The SMILES string of the molecule is O=P1(S)OCC2OC(n3cnc4ccccc43)C(OP(=O)(S)OCC3OC(n4cnc5ccccc54)C(O)C3O1)C2O. The molecule has 0 radical (unpaired) electrons. The van der Waals surface area contributed by atoms with E-state index in [2.05, 4.69) is 34.5 Å². The quantitative estimate of drug-likeness (QED) is 0.184. The van der Waals surface area contributed by atoms with Crippen molar-refractivity contribution in [3.63, 3.8) is 0 Å². The van der Waals surface area contributed by atoms with Crippen molar-refractivity contribution in [1.29, 1.82) is 0 Å². The first-order valence-corrected chi connectivity index (χ1v) is 18.3. The normalized spacial score (nSPS) is 39.5. The molecule has 2 aromatic carbocycles. The molecule has 3 aliphatic rings. The van der Waals surface area contributed by atoms with Crippen molar-refractivity contribution in [3.05, 3.63) is 61.2 Å². The maximum absolute atomic E-state index is 13.5. The van der Waals surface area contributed by atoms with E-state index in [4.69, 9.17) is 27.6 Å². The van der Waals surface area contributed by atoms with Crippen LogP contribution < -0.4 is 0 Å². The predicted molar refractivity (Wildman–Crippen MR) is 154 cm³/mol. The van der Waals surface area contributed by atoms with Crippen LogP contribution in [0.5, 0.6) is 0 Å². The Hall–Kier alpha value is -1.78. The molecule has 3 saturated heterocycles. The van der Waals surface area contributed by atoms with E-state index in [1.807, 2.05) is 24.3 Å². The largest absolute Gasteiger partial charge is 0.387 e. The Morgan fingerprint density at radius 3 is 1.83 bits per heavy atom. The first kappa shape index (κ1) is 29.0. The zero-order valence-corrected chi connectivity index (χ0v) is 25.1. The minimum Gasteiger partial charge on any atom is -0.387 e. The fraction of sp³-hybridized carbons (Fsp3) is 0.417. The summed E-state index contributed by atoms with van der Waals surface area (Å²) in [5.74, 6) is 0. The summed E-state index contributed by atoms with van der Waals surface area (Å²) >= 11 is 8.26. The lowest BCUT2D eigenvalue weighted by Crippen LogP contribution is -2.35. The van der Waals surface area contributed by atoms with Crippen molar-refractivity contribution in [3.8, 4) is 0 Å². The Morgan fingerprint density at radius 2 is 1.21 bits per heavy atom. The second-order valence-electron chi connectivity index (χ2n) is 10.1. The highest BCUT2D eigenvalue weighted by atomic mass is 32.7. The molecule has 0 aliphatic carbocycles. The molecule has 18 heteroatoms. The van der Waals surface area contributed by atoms with Gasteiger partial charge in [0.05, 0.1) is 47.9 Å². The van der Waals surface area contributed by atoms with Gasteiger partial charge in [0.2, 0.25) is 0 Å². The third-order valence-electron chi connectivity index (χ3n) is 7.45. The van der Waals surface area contributed by atoms with Crippen molar-refractivity contribution < 1.29 is 46.9 Å². The van der Waals surface area contributed by atoms with E-state index >= 15 is 0 Å². The van der Waals surface area contributed by atoms with Crippen molar-refractivity contribution in [1.82, 2.24) is 19.1 Å². The topological polar surface area (TPSA) is 166 Å². The van der Waals surface area contributed by atoms with E-state index in [9.17, 15) is 19.3 Å². The third-order valence-corrected chi connectivity index (χ3v) is 10.7. The summed E-state index contributed by atoms with van der Waals surface area (Å²) in [6, 6.07) is 14.5. The lowest BCUT2D eigenvalue weighted by atomic mass is 10.1. The molecule has 0 saturated carbocycles. The van der Waals surface area contributed by atoms with Gasteiger partial charge < -0.3 is 28.8 Å². The summed E-state index contributed by atoms with van der Waals surface area (Å²) in [7, 11) is 0. The number of thiol groups is 2. The number of para-hydroxylation sites is 4. The van der Waals surface area contributed by atoms with Gasteiger partial charge in [0.1, 0.15) is 36.6 Å². The van der Waals surface area contributed by atoms with Crippen LogP contribution in [0.25, 0.3) is 22.1 Å². The summed E-state index contributed by atoms with van der Waals surface area (Å²) in [4.78, 5) is 8.68. The van der Waals surface area contributed by atoms with Crippen molar-refractivity contribution >= 4 is 60.2 Å². The standard InChI is InChI=1S/C24H26N4O10P2S2/c29-19-17-9-33-39(31,41)37-21-18(36-23(20(21)30)27-11-25-13-5-1-3-7-15(13)27)10-34-40(32,42)38-22(19)24(35-17)28-12-26-14-6-2-4-8-16(14)28/h1-8,11-12,17-24,29-30H,9-10H2,(H,31,41)(H,32,42). The highest BCUT2D eigenvalue weighted by molar-refractivity contribution is 8.44. The Labute approximate surface area is 249 Å². The molecule has 2 N–H and O–H groups in total. The van der Waals surface area contributed by atoms with Gasteiger partial charge in [-0.2, -0.15) is 0 Å². The van der Waals surface area contributed by atoms with Crippen LogP contribution in [-0.2, 0) is 36.7 Å². The summed E-state index contributed by atoms with van der Waals surface area (Å²) in [5.41, 5.74) is 2.66. The van der Waals surface area contributed by atoms with Crippen molar-refractivity contribution in [2.24, 2.45) is 0 Å². The van der Waals surface area contributed by atoms with Crippen molar-refractivity contribution in [2.45, 2.75) is 49.1 Å². The number of fused-ring (bicyclic) bond motifs is 5. The van der Waals surface area contributed by atoms with Crippen LogP contribution in [0.1, 0.15) is 12.5 Å². The highest BCUT2D eigenvalue weighted by Gasteiger charge is 2.53. The first-order valence-electron chi connectivity index (χ1n) is 12.9. The Kier molecular flexibility index (Phi) is 7.57. The molecule has 224 valence electrons. The summed E-state index contributed by atoms with van der Waals surface area (Å²) in [6.45, 7) is -9.28. The molecule has 5 heterocycles. The van der Waals surface area contributed by atoms with Gasteiger partial charge in [-0.15, -0.1) is 0 Å². The number of imidazole rings is 2. The van der Waals surface area contributed by atoms with Gasteiger partial charge in [0.15, 0.2) is 12.5 Å². The molecule has 0 amide bonds. The van der Waals surface area contributed by atoms with Crippen LogP contribution >= 0.6 is 38.1 Å². The van der Waals surface area contributed by atoms with Gasteiger partial charge in [-0.3, -0.25) is 18.1 Å². The Balaban J connectivity index is 1.20. The van der Waals surface area contributed by atoms with Gasteiger partial charge in [0.25, 0.3) is 0 Å². The molecule has 7 rings (SSSR count). The lowest BCUT2D eigenvalue weighted by molar-refractivity contribution is -0.0573. The fourth-order valence-corrected chi connectivity index (χ4v) is 8.42. The van der Waals surface area contributed by atoms with Crippen LogP contribution in [0.2, 0.25) is 0 Å². The average molecular weight is 657 g/mol. The van der Waals surface area contributed by atoms with E-state index in [-0.39, 0.29) is 0 Å². The van der Waals surface area contributed by atoms with E-state index in [1.54, 1.807) is 33.4 Å². The van der Waals surface area contributed by atoms with Gasteiger partial charge in [-0.05, 0) is 24.3 Å². The molecule has 3 fully saturated rings. The van der Waals surface area contributed by atoms with Crippen LogP contribution in [0.4, 0.5) is 0 Å². The molecule has 3 aliphatic heterocycles. The third kappa shape index (κ3) is 5.27. The molecule has 42 heavy (non-hydrogen) atoms. The van der Waals surface area contributed by atoms with Gasteiger partial charge in [-0.25, -0.2) is 19.1 Å². The monoisotopic (exact) mass is 656 g/mol. The summed E-state index contributed by atoms with van der Waals surface area (Å²) in [5, 5.41) is 22.4. The Bertz CT molecular complexity index is 1720. The first-order chi connectivity index (χ1) is 20.1. The van der Waals surface area contributed by atoms with Crippen LogP contribution in [0.15, 0.2) is 61.2 Å². The highest BCUT2D eigenvalue weighted by Crippen LogP contribution is 2.60. The van der Waals surface area contributed by atoms with E-state index < -0.39 is 75.9 Å². The number of aliphatic hydroxyl groups is 2. The summed E-state index contributed by atoms with van der Waals surface area (Å²) in [6.07, 6.45) is -6.61. The zero-order valence-electron chi connectivity index (χ0n) is 21.5. The molecule has 4 aromatic rings. The number of ether oxygens (including phenoxy) is 2. The number of hydrogen-bond acceptors (Lipinski definition) is 12. The molecular formula is C24H26N4O10P2S2. The van der Waals surface area contributed by atoms with E-state index in [0.717, 1.165) is 0 Å². The second kappa shape index (κ2) is 11.0. The molecule has 14 nitrogen and oxygen atoms in total. The minimum atomic E-state index is -4.20. The van der Waals surface area contributed by atoms with Crippen LogP contribution in [0, 0.1) is 0 Å². The van der Waals surface area contributed by atoms with Gasteiger partial charge >= 0.3 is 13.6 Å². The zero-order chi connectivity index (χ0) is 29.2. The van der Waals surface area contributed by atoms with Crippen molar-refractivity contribution in [2.75, 3.05) is 13.2 Å². The lowest BCUT2D eigenvalue weighted by Gasteiger charge is -2.26. The number of aromatic nitrogens is 4. The number of aliphatic hydroxyl groups excluding tert-OH is 2. The molecular weight excluding hydrogens is 630 g/mol. The number of hydrogen-bond donors (Lipinski definition) is 4. The molecule has 10 atom stereocenters. The van der Waals surface area contributed by atoms with Gasteiger partial charge in [-0.1, -0.05) is 48.8 Å². The number of rotatable bonds is 2. The van der Waals surface area contributed by atoms with Crippen LogP contribution in [-0.4, -0.2) is 79.2 Å². The number of benzene rings is 2. The number of nitrogens with zero attached hydrogens (tertiary/aromatic N) is 4. The van der Waals surface area contributed by atoms with Crippen LogP contribution in [0.3, 0.4) is 0 Å². The second-order valence-corrected chi connectivity index (χ2v) is 15.8. The molecule has 0 spiro atoms.